The minimum Gasteiger partial charge on any atom is -0.467 e. The molecule has 7 heteroatoms. The van der Waals surface area contributed by atoms with Gasteiger partial charge in [-0.05, 0) is 55.3 Å². The highest BCUT2D eigenvalue weighted by Crippen LogP contribution is 2.44. The van der Waals surface area contributed by atoms with Crippen molar-refractivity contribution in [1.82, 2.24) is 4.90 Å². The third-order valence-electron chi connectivity index (χ3n) is 7.28. The second kappa shape index (κ2) is 9.33. The summed E-state index contributed by atoms with van der Waals surface area (Å²) >= 11 is 0. The summed E-state index contributed by atoms with van der Waals surface area (Å²) in [7, 11) is -0.541. The monoisotopic (exact) mass is 447 g/mol. The highest BCUT2D eigenvalue weighted by Gasteiger charge is 2.51. The molecule has 172 valence electrons. The molecule has 1 amide bonds. The minimum absolute atomic E-state index is 0.0594. The molecule has 4 atom stereocenters. The van der Waals surface area contributed by atoms with Crippen LogP contribution >= 0.6 is 0 Å². The first-order valence-corrected chi connectivity index (χ1v) is 14.2. The van der Waals surface area contributed by atoms with Gasteiger partial charge in [-0.1, -0.05) is 51.1 Å². The molecule has 0 spiro atoms. The molecule has 0 aromatic heterocycles. The molecule has 1 saturated heterocycles. The number of carbonyl (C=O) groups is 2. The quantitative estimate of drug-likeness (QED) is 0.462. The van der Waals surface area contributed by atoms with Gasteiger partial charge in [-0.2, -0.15) is 0 Å². The normalized spacial score (nSPS) is 26.3. The summed E-state index contributed by atoms with van der Waals surface area (Å²) in [6.07, 6.45) is 2.94. The average molecular weight is 448 g/mol. The largest absolute Gasteiger partial charge is 0.467 e. The van der Waals surface area contributed by atoms with Crippen molar-refractivity contribution in [2.45, 2.75) is 89.4 Å². The van der Waals surface area contributed by atoms with Crippen molar-refractivity contribution in [3.8, 4) is 0 Å². The lowest BCUT2D eigenvalue weighted by Gasteiger charge is -2.43. The van der Waals surface area contributed by atoms with Crippen molar-refractivity contribution in [2.24, 2.45) is 5.92 Å². The van der Waals surface area contributed by atoms with E-state index in [4.69, 9.17) is 13.9 Å². The van der Waals surface area contributed by atoms with Crippen LogP contribution in [0.5, 0.6) is 0 Å². The first kappa shape index (κ1) is 23.8. The maximum absolute atomic E-state index is 13.1. The lowest BCUT2D eigenvalue weighted by atomic mass is 9.83. The lowest BCUT2D eigenvalue weighted by Crippen LogP contribution is -2.51. The fourth-order valence-electron chi connectivity index (χ4n) is 4.52. The van der Waals surface area contributed by atoms with Gasteiger partial charge >= 0.3 is 12.1 Å². The first-order chi connectivity index (χ1) is 14.5. The summed E-state index contributed by atoms with van der Waals surface area (Å²) in [5.74, 6) is -0.0967. The summed E-state index contributed by atoms with van der Waals surface area (Å²) in [6, 6.07) is 8.94. The number of fused-ring (bicyclic) bond motifs is 1. The summed E-state index contributed by atoms with van der Waals surface area (Å²) in [6.45, 7) is 11.4. The second-order valence-electron chi connectivity index (χ2n) is 10.4. The number of hydrogen-bond donors (Lipinski definition) is 0. The maximum atomic E-state index is 13.1. The molecule has 1 heterocycles. The van der Waals surface area contributed by atoms with Gasteiger partial charge in [0.2, 0.25) is 0 Å². The van der Waals surface area contributed by atoms with Crippen molar-refractivity contribution >= 4 is 20.4 Å². The molecule has 3 rings (SSSR count). The Morgan fingerprint density at radius 1 is 1.10 bits per heavy atom. The van der Waals surface area contributed by atoms with Gasteiger partial charge in [0, 0.05) is 12.1 Å². The maximum Gasteiger partial charge on any atom is 0.411 e. The molecule has 6 nitrogen and oxygen atoms in total. The Morgan fingerprint density at radius 2 is 1.77 bits per heavy atom. The van der Waals surface area contributed by atoms with Crippen LogP contribution < -0.4 is 0 Å². The number of likely N-dealkylation sites (tertiary alicyclic amines) is 1. The van der Waals surface area contributed by atoms with Crippen LogP contribution in [0, 0.1) is 5.92 Å². The van der Waals surface area contributed by atoms with Crippen LogP contribution in [0.1, 0.15) is 52.0 Å². The zero-order valence-electron chi connectivity index (χ0n) is 19.7. The molecule has 1 aliphatic carbocycles. The van der Waals surface area contributed by atoms with Gasteiger partial charge < -0.3 is 13.9 Å². The molecule has 31 heavy (non-hydrogen) atoms. The van der Waals surface area contributed by atoms with Gasteiger partial charge in [0.1, 0.15) is 12.6 Å². The molecule has 1 aliphatic heterocycles. The number of carbonyl (C=O) groups excluding carboxylic acids is 2. The number of benzene rings is 1. The van der Waals surface area contributed by atoms with Crippen molar-refractivity contribution in [3.05, 3.63) is 35.9 Å². The van der Waals surface area contributed by atoms with Crippen LogP contribution in [-0.4, -0.2) is 50.6 Å². The van der Waals surface area contributed by atoms with Crippen LogP contribution in [0.4, 0.5) is 4.79 Å². The first-order valence-electron chi connectivity index (χ1n) is 11.3. The van der Waals surface area contributed by atoms with Crippen molar-refractivity contribution in [3.63, 3.8) is 0 Å². The number of esters is 1. The van der Waals surface area contributed by atoms with Gasteiger partial charge in [0.05, 0.1) is 7.11 Å². The number of ether oxygens (including phenoxy) is 2. The van der Waals surface area contributed by atoms with E-state index < -0.39 is 20.5 Å². The number of amides is 1. The molecule has 1 saturated carbocycles. The minimum atomic E-state index is -1.92. The van der Waals surface area contributed by atoms with E-state index in [2.05, 4.69) is 33.9 Å². The Morgan fingerprint density at radius 3 is 2.39 bits per heavy atom. The molecule has 2 aliphatic rings. The summed E-state index contributed by atoms with van der Waals surface area (Å²) < 4.78 is 17.3. The zero-order valence-corrected chi connectivity index (χ0v) is 20.7. The molecule has 1 aromatic rings. The molecular weight excluding hydrogens is 410 g/mol. The van der Waals surface area contributed by atoms with Gasteiger partial charge in [-0.3, -0.25) is 4.90 Å². The SMILES string of the molecule is COC(=O)[C@H]1C[C@H]2CC[C@H](O[Si](C)(C)C(C)(C)C)C[C@H]2N1C(=O)OCc1ccccc1. The number of nitrogens with zero attached hydrogens (tertiary/aromatic N) is 1. The Labute approximate surface area is 187 Å². The van der Waals surface area contributed by atoms with Gasteiger partial charge in [0.15, 0.2) is 8.32 Å². The van der Waals surface area contributed by atoms with E-state index >= 15 is 0 Å². The summed E-state index contributed by atoms with van der Waals surface area (Å²) in [5.41, 5.74) is 0.920. The van der Waals surface area contributed by atoms with E-state index in [0.717, 1.165) is 24.8 Å². The Hall–Kier alpha value is -1.86. The van der Waals surface area contributed by atoms with E-state index in [1.807, 2.05) is 30.3 Å². The number of rotatable bonds is 5. The average Bonchev–Trinajstić information content (AvgIpc) is 3.10. The Bertz CT molecular complexity index is 776. The molecule has 1 aromatic carbocycles. The topological polar surface area (TPSA) is 65.1 Å². The van der Waals surface area contributed by atoms with E-state index in [1.54, 1.807) is 4.90 Å². The second-order valence-corrected chi connectivity index (χ2v) is 15.1. The summed E-state index contributed by atoms with van der Waals surface area (Å²) in [5, 5.41) is 0.127. The fourth-order valence-corrected chi connectivity index (χ4v) is 5.92. The highest BCUT2D eigenvalue weighted by molar-refractivity contribution is 6.74. The molecule has 0 bridgehead atoms. The van der Waals surface area contributed by atoms with Gasteiger partial charge in [0.25, 0.3) is 0 Å². The van der Waals surface area contributed by atoms with Crippen molar-refractivity contribution < 1.29 is 23.5 Å². The Balaban J connectivity index is 1.74. The predicted octanol–water partition coefficient (Wildman–Crippen LogP) is 5.13. The van der Waals surface area contributed by atoms with Crippen LogP contribution in [0.25, 0.3) is 0 Å². The van der Waals surface area contributed by atoms with Crippen LogP contribution in [0.15, 0.2) is 30.3 Å². The predicted molar refractivity (Wildman–Crippen MR) is 122 cm³/mol. The van der Waals surface area contributed by atoms with Crippen LogP contribution in [0.2, 0.25) is 18.1 Å². The van der Waals surface area contributed by atoms with Crippen molar-refractivity contribution in [1.29, 1.82) is 0 Å². The lowest BCUT2D eigenvalue weighted by molar-refractivity contribution is -0.145. The van der Waals surface area contributed by atoms with E-state index in [0.29, 0.717) is 6.42 Å². The standard InChI is InChI=1S/C24H37NO5Si/c1-24(2,3)31(5,6)30-19-13-12-18-14-21(22(26)28-4)25(20(18)15-19)23(27)29-16-17-10-8-7-9-11-17/h7-11,18-21H,12-16H2,1-6H3/t18-,19+,20-,21-/m1/s1. The molecular formula is C24H37NO5Si. The summed E-state index contributed by atoms with van der Waals surface area (Å²) in [4.78, 5) is 27.3. The van der Waals surface area contributed by atoms with E-state index in [9.17, 15) is 9.59 Å². The molecule has 0 unspecified atom stereocenters. The third-order valence-corrected chi connectivity index (χ3v) is 11.8. The Kier molecular flexibility index (Phi) is 7.16. The van der Waals surface area contributed by atoms with Crippen LogP contribution in [0.3, 0.4) is 0 Å². The van der Waals surface area contributed by atoms with Crippen LogP contribution in [-0.2, 0) is 25.3 Å². The molecule has 0 N–H and O–H groups in total. The number of hydrogen-bond acceptors (Lipinski definition) is 5. The van der Waals surface area contributed by atoms with Gasteiger partial charge in [-0.25, -0.2) is 9.59 Å². The zero-order chi connectivity index (χ0) is 22.8. The van der Waals surface area contributed by atoms with E-state index in [-0.39, 0.29) is 35.7 Å². The molecule has 2 fully saturated rings. The fraction of sp³-hybridized carbons (Fsp3) is 0.667. The third kappa shape index (κ3) is 5.31. The van der Waals surface area contributed by atoms with E-state index in [1.165, 1.54) is 7.11 Å². The number of methoxy groups -OCH3 is 1. The van der Waals surface area contributed by atoms with Crippen molar-refractivity contribution in [2.75, 3.05) is 7.11 Å². The van der Waals surface area contributed by atoms with Gasteiger partial charge in [-0.15, -0.1) is 0 Å². The highest BCUT2D eigenvalue weighted by atomic mass is 28.4. The smallest absolute Gasteiger partial charge is 0.411 e. The molecule has 0 radical (unpaired) electrons.